The number of amides is 1. The van der Waals surface area contributed by atoms with Crippen LogP contribution >= 0.6 is 11.3 Å². The molecule has 0 aromatic carbocycles. The zero-order chi connectivity index (χ0) is 32.3. The van der Waals surface area contributed by atoms with Gasteiger partial charge in [-0.25, -0.2) is 19.5 Å². The molecule has 0 spiro atoms. The van der Waals surface area contributed by atoms with E-state index in [4.69, 9.17) is 14.4 Å². The molecule has 11 nitrogen and oxygen atoms in total. The molecule has 0 bridgehead atoms. The van der Waals surface area contributed by atoms with Gasteiger partial charge in [0.2, 0.25) is 0 Å². The molecule has 44 heavy (non-hydrogen) atoms. The van der Waals surface area contributed by atoms with Crippen LogP contribution in [-0.2, 0) is 22.7 Å². The van der Waals surface area contributed by atoms with Gasteiger partial charge in [0.1, 0.15) is 11.4 Å². The summed E-state index contributed by atoms with van der Waals surface area (Å²) in [5, 5.41) is 6.30. The largest absolute Gasteiger partial charge is 0.410 e. The summed E-state index contributed by atoms with van der Waals surface area (Å²) in [6.07, 6.45) is 1.79. The first-order chi connectivity index (χ1) is 20.5. The highest BCUT2D eigenvalue weighted by atomic mass is 32.1. The number of pyridine rings is 1. The van der Waals surface area contributed by atoms with Crippen LogP contribution < -0.4 is 11.2 Å². The molecule has 5 heterocycles. The van der Waals surface area contributed by atoms with Gasteiger partial charge in [0.25, 0.3) is 11.5 Å². The van der Waals surface area contributed by atoms with Crippen LogP contribution in [0.25, 0.3) is 16.0 Å². The Balaban J connectivity index is 1.63. The van der Waals surface area contributed by atoms with Crippen LogP contribution in [0.3, 0.4) is 0 Å². The van der Waals surface area contributed by atoms with E-state index in [9.17, 15) is 14.4 Å². The topological polar surface area (TPSA) is 113 Å². The number of fused-ring (bicyclic) bond motifs is 1. The van der Waals surface area contributed by atoms with Crippen LogP contribution in [0.1, 0.15) is 72.8 Å². The first-order valence-corrected chi connectivity index (χ1v) is 18.6. The van der Waals surface area contributed by atoms with Crippen LogP contribution in [0, 0.1) is 13.8 Å². The van der Waals surface area contributed by atoms with Gasteiger partial charge in [0, 0.05) is 41.8 Å². The van der Waals surface area contributed by atoms with Gasteiger partial charge >= 0.3 is 5.69 Å². The van der Waals surface area contributed by atoms with Crippen molar-refractivity contribution in [2.75, 3.05) is 13.2 Å². The van der Waals surface area contributed by atoms with E-state index in [0.717, 1.165) is 21.5 Å². The number of nitrogens with zero attached hydrogens (tertiary/aromatic N) is 6. The second-order valence-corrected chi connectivity index (χ2v) is 19.1. The van der Waals surface area contributed by atoms with Crippen molar-refractivity contribution in [2.24, 2.45) is 7.05 Å². The van der Waals surface area contributed by atoms with Crippen molar-refractivity contribution in [1.29, 1.82) is 0 Å². The minimum Gasteiger partial charge on any atom is -0.410 e. The van der Waals surface area contributed by atoms with E-state index >= 15 is 0 Å². The van der Waals surface area contributed by atoms with Crippen LogP contribution in [0.15, 0.2) is 34.0 Å². The molecule has 0 radical (unpaired) electrons. The number of carbonyl (C=O) groups excluding carboxylic acids is 1. The standard InChI is InChI=1S/C31H42N6O5SSi/c1-18(2)36-29-26(27(38)34(8)30(36)40)25(28(39)35-16-21(17-41-35)42-44(9,10)31(5,6)7)23(43-29)15-22-19(3)33-37(20(22)4)24-13-11-12-14-32-24/h11-14,18,21H,15-17H2,1-10H3/t21-/m0/s1. The molecule has 0 saturated carbocycles. The van der Waals surface area contributed by atoms with Gasteiger partial charge < -0.3 is 4.43 Å². The summed E-state index contributed by atoms with van der Waals surface area (Å²) in [6, 6.07) is 5.41. The van der Waals surface area contributed by atoms with Crippen molar-refractivity contribution in [3.05, 3.63) is 72.6 Å². The van der Waals surface area contributed by atoms with E-state index < -0.39 is 25.5 Å². The molecule has 1 amide bonds. The normalized spacial score (nSPS) is 16.1. The van der Waals surface area contributed by atoms with Gasteiger partial charge in [-0.05, 0) is 58.0 Å². The monoisotopic (exact) mass is 638 g/mol. The third-order valence-electron chi connectivity index (χ3n) is 8.85. The van der Waals surface area contributed by atoms with Crippen molar-refractivity contribution in [1.82, 2.24) is 29.0 Å². The first-order valence-electron chi connectivity index (χ1n) is 14.9. The van der Waals surface area contributed by atoms with E-state index in [1.165, 1.54) is 23.4 Å². The Hall–Kier alpha value is -3.39. The predicted molar refractivity (Wildman–Crippen MR) is 174 cm³/mol. The van der Waals surface area contributed by atoms with E-state index in [0.29, 0.717) is 21.9 Å². The molecular formula is C31H42N6O5SSi. The number of aromatic nitrogens is 5. The smallest absolute Gasteiger partial charge is 0.332 e. The summed E-state index contributed by atoms with van der Waals surface area (Å²) < 4.78 is 11.0. The Morgan fingerprint density at radius 3 is 2.52 bits per heavy atom. The number of aryl methyl sites for hydroxylation is 1. The van der Waals surface area contributed by atoms with E-state index in [1.54, 1.807) is 15.4 Å². The number of hydroxylamine groups is 2. The molecule has 13 heteroatoms. The fourth-order valence-corrected chi connectivity index (χ4v) is 8.08. The third kappa shape index (κ3) is 5.50. The number of carbonyl (C=O) groups is 1. The Kier molecular flexibility index (Phi) is 8.38. The third-order valence-corrected chi connectivity index (χ3v) is 14.6. The highest BCUT2D eigenvalue weighted by Crippen LogP contribution is 2.39. The fourth-order valence-electron chi connectivity index (χ4n) is 5.33. The predicted octanol–water partition coefficient (Wildman–Crippen LogP) is 4.91. The van der Waals surface area contributed by atoms with Crippen molar-refractivity contribution >= 4 is 35.8 Å². The fraction of sp³-hybridized carbons (Fsp3) is 0.516. The minimum atomic E-state index is -2.11. The summed E-state index contributed by atoms with van der Waals surface area (Å²) in [5.74, 6) is 0.277. The number of thiophene rings is 1. The lowest BCUT2D eigenvalue weighted by atomic mass is 10.0. The average molecular weight is 639 g/mol. The average Bonchev–Trinajstić information content (AvgIpc) is 3.63. The van der Waals surface area contributed by atoms with Crippen LogP contribution in [0.5, 0.6) is 0 Å². The molecule has 1 aliphatic rings. The second kappa shape index (κ2) is 11.5. The van der Waals surface area contributed by atoms with E-state index in [-0.39, 0.29) is 41.3 Å². The molecule has 0 N–H and O–H groups in total. The summed E-state index contributed by atoms with van der Waals surface area (Å²) in [5.41, 5.74) is 1.94. The highest BCUT2D eigenvalue weighted by molar-refractivity contribution is 7.19. The van der Waals surface area contributed by atoms with Crippen molar-refractivity contribution in [3.63, 3.8) is 0 Å². The lowest BCUT2D eigenvalue weighted by Crippen LogP contribution is -2.45. The molecule has 5 rings (SSSR count). The molecule has 1 atom stereocenters. The Bertz CT molecular complexity index is 1850. The molecule has 0 aliphatic carbocycles. The van der Waals surface area contributed by atoms with Crippen LogP contribution in [-0.4, -0.2) is 62.4 Å². The Morgan fingerprint density at radius 1 is 1.20 bits per heavy atom. The molecular weight excluding hydrogens is 597 g/mol. The van der Waals surface area contributed by atoms with Gasteiger partial charge in [0.05, 0.1) is 29.3 Å². The lowest BCUT2D eigenvalue weighted by Gasteiger charge is -2.37. The number of rotatable bonds is 7. The maximum absolute atomic E-state index is 14.4. The van der Waals surface area contributed by atoms with Crippen molar-refractivity contribution in [3.8, 4) is 5.82 Å². The molecule has 4 aromatic rings. The first kappa shape index (κ1) is 32.0. The zero-order valence-electron chi connectivity index (χ0n) is 27.2. The molecule has 0 unspecified atom stereocenters. The second-order valence-electron chi connectivity index (χ2n) is 13.3. The molecule has 236 valence electrons. The van der Waals surface area contributed by atoms with Crippen molar-refractivity contribution in [2.45, 2.75) is 85.2 Å². The van der Waals surface area contributed by atoms with Crippen LogP contribution in [0.2, 0.25) is 18.1 Å². The van der Waals surface area contributed by atoms with E-state index in [1.807, 2.05) is 45.9 Å². The van der Waals surface area contributed by atoms with Crippen molar-refractivity contribution < 1.29 is 14.1 Å². The van der Waals surface area contributed by atoms with E-state index in [2.05, 4.69) is 38.8 Å². The minimum absolute atomic E-state index is 0.00328. The summed E-state index contributed by atoms with van der Waals surface area (Å²) >= 11 is 1.30. The molecule has 1 fully saturated rings. The van der Waals surface area contributed by atoms with Gasteiger partial charge in [-0.3, -0.25) is 23.6 Å². The van der Waals surface area contributed by atoms with Crippen LogP contribution in [0.4, 0.5) is 0 Å². The van der Waals surface area contributed by atoms with Gasteiger partial charge in [-0.1, -0.05) is 26.8 Å². The molecule has 1 saturated heterocycles. The Labute approximate surface area is 262 Å². The van der Waals surface area contributed by atoms with Gasteiger partial charge in [0.15, 0.2) is 14.1 Å². The SMILES string of the molecule is Cc1nn(-c2ccccn2)c(C)c1Cc1sc2c(c1C(=O)N1C[C@H](O[Si](C)(C)C(C)(C)C)CO1)c(=O)n(C)c(=O)n2C(C)C. The quantitative estimate of drug-likeness (QED) is 0.265. The lowest BCUT2D eigenvalue weighted by molar-refractivity contribution is -0.0777. The number of hydrogen-bond donors (Lipinski definition) is 0. The van der Waals surface area contributed by atoms with Gasteiger partial charge in [-0.15, -0.1) is 11.3 Å². The zero-order valence-corrected chi connectivity index (χ0v) is 29.0. The summed E-state index contributed by atoms with van der Waals surface area (Å²) in [4.78, 5) is 52.9. The summed E-state index contributed by atoms with van der Waals surface area (Å²) in [6.45, 7) is 19.0. The van der Waals surface area contributed by atoms with Gasteiger partial charge in [-0.2, -0.15) is 5.10 Å². The molecule has 4 aromatic heterocycles. The Morgan fingerprint density at radius 2 is 1.91 bits per heavy atom. The molecule has 1 aliphatic heterocycles. The maximum Gasteiger partial charge on any atom is 0.332 e. The maximum atomic E-state index is 14.4. The summed E-state index contributed by atoms with van der Waals surface area (Å²) in [7, 11) is -0.655. The number of hydrogen-bond acceptors (Lipinski definition) is 8. The highest BCUT2D eigenvalue weighted by Gasteiger charge is 2.42.